The van der Waals surface area contributed by atoms with Gasteiger partial charge < -0.3 is 5.32 Å². The number of aryl methyl sites for hydroxylation is 2. The SMILES string of the molecule is Cc1ccc(Sc2ccc(NC(=O)Cn3cnc(C#N)n3)cc2)cc1C. The van der Waals surface area contributed by atoms with Crippen LogP contribution in [0, 0.1) is 25.2 Å². The largest absolute Gasteiger partial charge is 0.324 e. The zero-order valence-electron chi connectivity index (χ0n) is 14.4. The van der Waals surface area contributed by atoms with Gasteiger partial charge in [0, 0.05) is 15.5 Å². The van der Waals surface area contributed by atoms with Crippen molar-refractivity contribution in [3.63, 3.8) is 0 Å². The Labute approximate surface area is 155 Å². The average Bonchev–Trinajstić information content (AvgIpc) is 3.07. The smallest absolute Gasteiger partial charge is 0.252 e. The summed E-state index contributed by atoms with van der Waals surface area (Å²) in [6.45, 7) is 4.21. The van der Waals surface area contributed by atoms with Gasteiger partial charge >= 0.3 is 0 Å². The highest BCUT2D eigenvalue weighted by Gasteiger charge is 2.07. The maximum Gasteiger partial charge on any atom is 0.252 e. The standard InChI is InChI=1S/C19H17N5OS/c1-13-3-6-17(9-14(13)2)26-16-7-4-15(5-8-16)22-19(25)11-24-12-21-18(10-20)23-24/h3-9,12H,11H2,1-2H3,(H,22,25). The van der Waals surface area contributed by atoms with Gasteiger partial charge in [0.05, 0.1) is 0 Å². The summed E-state index contributed by atoms with van der Waals surface area (Å²) in [5.41, 5.74) is 3.26. The molecule has 3 rings (SSSR count). The number of hydrogen-bond acceptors (Lipinski definition) is 5. The quantitative estimate of drug-likeness (QED) is 0.749. The lowest BCUT2D eigenvalue weighted by Gasteiger charge is -2.08. The van der Waals surface area contributed by atoms with E-state index in [1.165, 1.54) is 27.0 Å². The minimum atomic E-state index is -0.228. The Morgan fingerprint density at radius 2 is 1.88 bits per heavy atom. The molecule has 6 nitrogen and oxygen atoms in total. The maximum atomic E-state index is 12.0. The number of anilines is 1. The summed E-state index contributed by atoms with van der Waals surface area (Å²) in [5, 5.41) is 15.4. The van der Waals surface area contributed by atoms with Crippen LogP contribution >= 0.6 is 11.8 Å². The lowest BCUT2D eigenvalue weighted by Crippen LogP contribution is -2.19. The lowest BCUT2D eigenvalue weighted by atomic mass is 10.1. The van der Waals surface area contributed by atoms with Crippen molar-refractivity contribution in [1.29, 1.82) is 5.26 Å². The second-order valence-electron chi connectivity index (χ2n) is 5.80. The molecule has 1 aromatic heterocycles. The number of benzene rings is 2. The molecule has 7 heteroatoms. The summed E-state index contributed by atoms with van der Waals surface area (Å²) in [5.74, 6) is -0.181. The van der Waals surface area contributed by atoms with Crippen molar-refractivity contribution in [2.45, 2.75) is 30.2 Å². The normalized spacial score (nSPS) is 10.3. The van der Waals surface area contributed by atoms with Crippen LogP contribution in [0.3, 0.4) is 0 Å². The zero-order valence-corrected chi connectivity index (χ0v) is 15.2. The number of hydrogen-bond donors (Lipinski definition) is 1. The van der Waals surface area contributed by atoms with Gasteiger partial charge in [0.1, 0.15) is 18.9 Å². The number of rotatable bonds is 5. The van der Waals surface area contributed by atoms with Gasteiger partial charge in [-0.2, -0.15) is 5.26 Å². The summed E-state index contributed by atoms with van der Waals surface area (Å²) in [4.78, 5) is 18.1. The van der Waals surface area contributed by atoms with Crippen molar-refractivity contribution < 1.29 is 4.79 Å². The van der Waals surface area contributed by atoms with E-state index in [4.69, 9.17) is 5.26 Å². The van der Waals surface area contributed by atoms with E-state index in [1.54, 1.807) is 11.8 Å². The molecule has 1 N–H and O–H groups in total. The number of carbonyl (C=O) groups excluding carboxylic acids is 1. The van der Waals surface area contributed by atoms with E-state index in [0.717, 1.165) is 4.90 Å². The predicted molar refractivity (Wildman–Crippen MR) is 99.8 cm³/mol. The molecule has 0 aliphatic rings. The molecule has 0 unspecified atom stereocenters. The monoisotopic (exact) mass is 363 g/mol. The molecule has 26 heavy (non-hydrogen) atoms. The molecule has 1 amide bonds. The predicted octanol–water partition coefficient (Wildman–Crippen LogP) is 3.56. The van der Waals surface area contributed by atoms with Gasteiger partial charge in [0.2, 0.25) is 5.91 Å². The van der Waals surface area contributed by atoms with Gasteiger partial charge in [-0.25, -0.2) is 9.67 Å². The molecule has 0 aliphatic carbocycles. The fraction of sp³-hybridized carbons (Fsp3) is 0.158. The summed E-state index contributed by atoms with van der Waals surface area (Å²) in [6, 6.07) is 15.9. The topological polar surface area (TPSA) is 83.6 Å². The summed E-state index contributed by atoms with van der Waals surface area (Å²) in [7, 11) is 0. The van der Waals surface area contributed by atoms with Crippen LogP contribution in [-0.4, -0.2) is 20.7 Å². The molecule has 0 atom stereocenters. The van der Waals surface area contributed by atoms with Crippen LogP contribution in [0.2, 0.25) is 0 Å². The number of nitrogens with one attached hydrogen (secondary N) is 1. The van der Waals surface area contributed by atoms with Gasteiger partial charge in [0.15, 0.2) is 0 Å². The fourth-order valence-electron chi connectivity index (χ4n) is 2.29. The van der Waals surface area contributed by atoms with Crippen LogP contribution in [0.5, 0.6) is 0 Å². The number of amides is 1. The molecule has 0 saturated carbocycles. The highest BCUT2D eigenvalue weighted by atomic mass is 32.2. The second-order valence-corrected chi connectivity index (χ2v) is 6.95. The van der Waals surface area contributed by atoms with Crippen LogP contribution in [0.25, 0.3) is 0 Å². The van der Waals surface area contributed by atoms with Crippen molar-refractivity contribution >= 4 is 23.4 Å². The summed E-state index contributed by atoms with van der Waals surface area (Å²) >= 11 is 1.68. The molecule has 0 fully saturated rings. The molecule has 0 aliphatic heterocycles. The van der Waals surface area contributed by atoms with E-state index >= 15 is 0 Å². The molecule has 2 aromatic carbocycles. The van der Waals surface area contributed by atoms with Crippen LogP contribution in [0.4, 0.5) is 5.69 Å². The third kappa shape index (κ3) is 4.49. The van der Waals surface area contributed by atoms with E-state index in [-0.39, 0.29) is 18.3 Å². The van der Waals surface area contributed by atoms with Crippen molar-refractivity contribution in [2.75, 3.05) is 5.32 Å². The number of nitrogens with zero attached hydrogens (tertiary/aromatic N) is 4. The van der Waals surface area contributed by atoms with Crippen LogP contribution in [-0.2, 0) is 11.3 Å². The maximum absolute atomic E-state index is 12.0. The molecule has 130 valence electrons. The Morgan fingerprint density at radius 1 is 1.15 bits per heavy atom. The Morgan fingerprint density at radius 3 is 2.54 bits per heavy atom. The fourth-order valence-corrected chi connectivity index (χ4v) is 3.21. The van der Waals surface area contributed by atoms with Crippen LogP contribution < -0.4 is 5.32 Å². The first kappa shape index (κ1) is 17.7. The zero-order chi connectivity index (χ0) is 18.5. The molecule has 0 bridgehead atoms. The molecule has 0 saturated heterocycles. The van der Waals surface area contributed by atoms with E-state index < -0.39 is 0 Å². The van der Waals surface area contributed by atoms with Gasteiger partial charge in [-0.3, -0.25) is 4.79 Å². The minimum Gasteiger partial charge on any atom is -0.324 e. The highest BCUT2D eigenvalue weighted by molar-refractivity contribution is 7.99. The minimum absolute atomic E-state index is 0.00776. The molecule has 1 heterocycles. The molecule has 0 radical (unpaired) electrons. The second kappa shape index (κ2) is 7.85. The number of nitriles is 1. The van der Waals surface area contributed by atoms with Crippen molar-refractivity contribution in [1.82, 2.24) is 14.8 Å². The van der Waals surface area contributed by atoms with E-state index in [2.05, 4.69) is 47.4 Å². The third-order valence-corrected chi connectivity index (χ3v) is 4.79. The Hall–Kier alpha value is -3.11. The number of carbonyl (C=O) groups is 1. The first-order chi connectivity index (χ1) is 12.5. The lowest BCUT2D eigenvalue weighted by molar-refractivity contribution is -0.116. The Kier molecular flexibility index (Phi) is 5.34. The van der Waals surface area contributed by atoms with Gasteiger partial charge in [-0.05, 0) is 61.4 Å². The number of aromatic nitrogens is 3. The molecular weight excluding hydrogens is 346 g/mol. The van der Waals surface area contributed by atoms with Gasteiger partial charge in [-0.1, -0.05) is 17.8 Å². The average molecular weight is 363 g/mol. The van der Waals surface area contributed by atoms with Gasteiger partial charge in [-0.15, -0.1) is 5.10 Å². The Bertz CT molecular complexity index is 972. The van der Waals surface area contributed by atoms with Crippen molar-refractivity contribution in [3.8, 4) is 6.07 Å². The first-order valence-electron chi connectivity index (χ1n) is 7.98. The van der Waals surface area contributed by atoms with E-state index in [1.807, 2.05) is 30.3 Å². The molecule has 3 aromatic rings. The third-order valence-electron chi connectivity index (χ3n) is 3.79. The van der Waals surface area contributed by atoms with E-state index in [9.17, 15) is 4.79 Å². The van der Waals surface area contributed by atoms with Crippen molar-refractivity contribution in [2.24, 2.45) is 0 Å². The Balaban J connectivity index is 1.59. The summed E-state index contributed by atoms with van der Waals surface area (Å²) in [6.07, 6.45) is 1.36. The summed E-state index contributed by atoms with van der Waals surface area (Å²) < 4.78 is 1.33. The van der Waals surface area contributed by atoms with Crippen LogP contribution in [0.1, 0.15) is 17.0 Å². The van der Waals surface area contributed by atoms with Crippen LogP contribution in [0.15, 0.2) is 58.6 Å². The molecular formula is C19H17N5OS. The first-order valence-corrected chi connectivity index (χ1v) is 8.80. The highest BCUT2D eigenvalue weighted by Crippen LogP contribution is 2.29. The van der Waals surface area contributed by atoms with E-state index in [0.29, 0.717) is 5.69 Å². The van der Waals surface area contributed by atoms with Crippen molar-refractivity contribution in [3.05, 3.63) is 65.7 Å². The van der Waals surface area contributed by atoms with Gasteiger partial charge in [0.25, 0.3) is 5.82 Å². The molecule has 0 spiro atoms.